The molecule has 4 rings (SSSR count). The molecular weight excluding hydrogens is 348 g/mol. The van der Waals surface area contributed by atoms with Gasteiger partial charge in [-0.25, -0.2) is 0 Å². The number of carbonyl (C=O) groups excluding carboxylic acids is 1. The molecule has 1 aliphatic heterocycles. The Hall–Kier alpha value is -3.27. The predicted octanol–water partition coefficient (Wildman–Crippen LogP) is 4.75. The summed E-state index contributed by atoms with van der Waals surface area (Å²) in [5.41, 5.74) is 5.15. The van der Waals surface area contributed by atoms with Gasteiger partial charge in [-0.1, -0.05) is 54.6 Å². The van der Waals surface area contributed by atoms with Crippen LogP contribution >= 0.6 is 0 Å². The van der Waals surface area contributed by atoms with E-state index in [9.17, 15) is 4.79 Å². The Morgan fingerprint density at radius 2 is 1.79 bits per heavy atom. The minimum atomic E-state index is -0.407. The van der Waals surface area contributed by atoms with Crippen LogP contribution in [0.5, 0.6) is 5.75 Å². The molecule has 28 heavy (non-hydrogen) atoms. The van der Waals surface area contributed by atoms with Crippen LogP contribution < -0.4 is 15.0 Å². The smallest absolute Gasteiger partial charge is 0.251 e. The number of amides is 1. The maximum atomic E-state index is 13.5. The van der Waals surface area contributed by atoms with Gasteiger partial charge in [0.25, 0.3) is 5.91 Å². The number of benzene rings is 3. The van der Waals surface area contributed by atoms with Gasteiger partial charge in [-0.15, -0.1) is 0 Å². The Bertz CT molecular complexity index is 985. The van der Waals surface area contributed by atoms with Gasteiger partial charge in [-0.2, -0.15) is 0 Å². The fourth-order valence-corrected chi connectivity index (χ4v) is 3.86. The summed E-state index contributed by atoms with van der Waals surface area (Å²) in [5, 5.41) is 3.10. The van der Waals surface area contributed by atoms with Crippen LogP contribution in [-0.2, 0) is 11.2 Å². The van der Waals surface area contributed by atoms with Gasteiger partial charge >= 0.3 is 0 Å². The number of anilines is 2. The van der Waals surface area contributed by atoms with Crippen LogP contribution in [0.15, 0.2) is 72.8 Å². The van der Waals surface area contributed by atoms with Gasteiger partial charge in [0, 0.05) is 12.2 Å². The van der Waals surface area contributed by atoms with Crippen LogP contribution in [0.3, 0.4) is 0 Å². The lowest BCUT2D eigenvalue weighted by Crippen LogP contribution is -2.36. The van der Waals surface area contributed by atoms with E-state index in [2.05, 4.69) is 28.4 Å². The zero-order chi connectivity index (χ0) is 19.5. The first kappa shape index (κ1) is 18.1. The highest BCUT2D eigenvalue weighted by atomic mass is 16.5. The van der Waals surface area contributed by atoms with Gasteiger partial charge in [0.15, 0.2) is 0 Å². The van der Waals surface area contributed by atoms with Crippen molar-refractivity contribution < 1.29 is 9.53 Å². The minimum absolute atomic E-state index is 0.0631. The third-order valence-electron chi connectivity index (χ3n) is 5.21. The molecule has 1 heterocycles. The number of rotatable bonds is 5. The molecule has 1 unspecified atom stereocenters. The molecule has 0 saturated heterocycles. The van der Waals surface area contributed by atoms with Crippen molar-refractivity contribution in [1.29, 1.82) is 0 Å². The number of nitrogens with zero attached hydrogens (tertiary/aromatic N) is 1. The molecule has 0 fully saturated rings. The summed E-state index contributed by atoms with van der Waals surface area (Å²) in [6.45, 7) is 2.82. The number of hydrogen-bond acceptors (Lipinski definition) is 3. The maximum Gasteiger partial charge on any atom is 0.251 e. The van der Waals surface area contributed by atoms with Crippen molar-refractivity contribution in [2.24, 2.45) is 0 Å². The summed E-state index contributed by atoms with van der Waals surface area (Å²) < 4.78 is 5.44. The lowest BCUT2D eigenvalue weighted by molar-refractivity contribution is -0.117. The zero-order valence-corrected chi connectivity index (χ0v) is 16.2. The van der Waals surface area contributed by atoms with E-state index < -0.39 is 6.04 Å². The summed E-state index contributed by atoms with van der Waals surface area (Å²) in [6.07, 6.45) is 0.945. The quantitative estimate of drug-likeness (QED) is 0.703. The molecule has 3 aromatic carbocycles. The van der Waals surface area contributed by atoms with Gasteiger partial charge in [0.05, 0.1) is 12.8 Å². The molecule has 0 aromatic heterocycles. The van der Waals surface area contributed by atoms with Crippen LogP contribution in [0.25, 0.3) is 0 Å². The molecule has 0 aliphatic carbocycles. The lowest BCUT2D eigenvalue weighted by atomic mass is 10.0. The average molecular weight is 372 g/mol. The first-order valence-electron chi connectivity index (χ1n) is 9.52. The fraction of sp³-hybridized carbons (Fsp3) is 0.208. The van der Waals surface area contributed by atoms with Gasteiger partial charge in [0.2, 0.25) is 0 Å². The molecule has 1 aliphatic rings. The SMILES string of the molecule is COc1ccc(C)cc1NC(=O)C(c1ccccc1)N1CCc2ccccc21. The molecule has 4 heteroatoms. The van der Waals surface area contributed by atoms with E-state index in [4.69, 9.17) is 4.74 Å². The molecule has 4 nitrogen and oxygen atoms in total. The van der Waals surface area contributed by atoms with E-state index in [0.29, 0.717) is 11.4 Å². The highest BCUT2D eigenvalue weighted by Crippen LogP contribution is 2.36. The van der Waals surface area contributed by atoms with E-state index >= 15 is 0 Å². The van der Waals surface area contributed by atoms with E-state index in [1.54, 1.807) is 7.11 Å². The molecule has 1 N–H and O–H groups in total. The number of methoxy groups -OCH3 is 1. The molecule has 3 aromatic rings. The topological polar surface area (TPSA) is 41.6 Å². The highest BCUT2D eigenvalue weighted by Gasteiger charge is 2.32. The van der Waals surface area contributed by atoms with Crippen LogP contribution in [0.2, 0.25) is 0 Å². The monoisotopic (exact) mass is 372 g/mol. The molecule has 1 amide bonds. The average Bonchev–Trinajstić information content (AvgIpc) is 3.13. The first-order chi connectivity index (χ1) is 13.7. The van der Waals surface area contributed by atoms with Gasteiger partial charge in [-0.3, -0.25) is 4.79 Å². The normalized spacial score (nSPS) is 13.7. The van der Waals surface area contributed by atoms with Crippen molar-refractivity contribution in [2.45, 2.75) is 19.4 Å². The van der Waals surface area contributed by atoms with Crippen LogP contribution in [0, 0.1) is 6.92 Å². The molecular formula is C24H24N2O2. The number of carbonyl (C=O) groups is 1. The molecule has 0 bridgehead atoms. The predicted molar refractivity (Wildman–Crippen MR) is 113 cm³/mol. The molecule has 0 radical (unpaired) electrons. The van der Waals surface area contributed by atoms with E-state index in [1.807, 2.05) is 61.5 Å². The second-order valence-electron chi connectivity index (χ2n) is 7.08. The van der Waals surface area contributed by atoms with Gasteiger partial charge in [-0.05, 0) is 48.2 Å². The fourth-order valence-electron chi connectivity index (χ4n) is 3.86. The van der Waals surface area contributed by atoms with Crippen molar-refractivity contribution >= 4 is 17.3 Å². The molecule has 0 spiro atoms. The molecule has 0 saturated carbocycles. The number of hydrogen-bond donors (Lipinski definition) is 1. The second-order valence-corrected chi connectivity index (χ2v) is 7.08. The maximum absolute atomic E-state index is 13.5. The Labute approximate surface area is 165 Å². The molecule has 142 valence electrons. The minimum Gasteiger partial charge on any atom is -0.495 e. The number of nitrogens with one attached hydrogen (secondary N) is 1. The Morgan fingerprint density at radius 1 is 1.04 bits per heavy atom. The first-order valence-corrected chi connectivity index (χ1v) is 9.52. The van der Waals surface area contributed by atoms with Crippen molar-refractivity contribution in [1.82, 2.24) is 0 Å². The van der Waals surface area contributed by atoms with Crippen molar-refractivity contribution in [3.8, 4) is 5.75 Å². The second kappa shape index (κ2) is 7.77. The van der Waals surface area contributed by atoms with E-state index in [0.717, 1.165) is 29.8 Å². The number of para-hydroxylation sites is 1. The third kappa shape index (κ3) is 3.46. The largest absolute Gasteiger partial charge is 0.495 e. The Kier molecular flexibility index (Phi) is 5.02. The number of fused-ring (bicyclic) bond motifs is 1. The van der Waals surface area contributed by atoms with Crippen molar-refractivity contribution in [3.05, 3.63) is 89.5 Å². The highest BCUT2D eigenvalue weighted by molar-refractivity contribution is 5.99. The summed E-state index contributed by atoms with van der Waals surface area (Å²) in [4.78, 5) is 15.7. The summed E-state index contributed by atoms with van der Waals surface area (Å²) >= 11 is 0. The zero-order valence-electron chi connectivity index (χ0n) is 16.2. The van der Waals surface area contributed by atoms with Gasteiger partial charge < -0.3 is 15.0 Å². The van der Waals surface area contributed by atoms with Gasteiger partial charge in [0.1, 0.15) is 11.8 Å². The summed E-state index contributed by atoms with van der Waals surface area (Å²) in [5.74, 6) is 0.597. The standard InChI is InChI=1S/C24H24N2O2/c1-17-12-13-22(28-2)20(16-17)25-24(27)23(19-9-4-3-5-10-19)26-15-14-18-8-6-7-11-21(18)26/h3-13,16,23H,14-15H2,1-2H3,(H,25,27). The number of aryl methyl sites for hydroxylation is 1. The summed E-state index contributed by atoms with van der Waals surface area (Å²) in [6, 6.07) is 23.7. The third-order valence-corrected chi connectivity index (χ3v) is 5.21. The van der Waals surface area contributed by atoms with Crippen LogP contribution in [0.4, 0.5) is 11.4 Å². The van der Waals surface area contributed by atoms with Crippen molar-refractivity contribution in [3.63, 3.8) is 0 Å². The van der Waals surface area contributed by atoms with Crippen molar-refractivity contribution in [2.75, 3.05) is 23.9 Å². The van der Waals surface area contributed by atoms with E-state index in [1.165, 1.54) is 5.56 Å². The Morgan fingerprint density at radius 3 is 2.57 bits per heavy atom. The van der Waals surface area contributed by atoms with E-state index in [-0.39, 0.29) is 5.91 Å². The summed E-state index contributed by atoms with van der Waals surface area (Å²) in [7, 11) is 1.62. The lowest BCUT2D eigenvalue weighted by Gasteiger charge is -2.30. The Balaban J connectivity index is 1.71. The molecule has 1 atom stereocenters. The van der Waals surface area contributed by atoms with Crippen LogP contribution in [-0.4, -0.2) is 19.6 Å². The number of ether oxygens (including phenoxy) is 1. The van der Waals surface area contributed by atoms with Crippen LogP contribution in [0.1, 0.15) is 22.7 Å².